The number of hydrogen-bond acceptors (Lipinski definition) is 25. The van der Waals surface area contributed by atoms with Crippen molar-refractivity contribution in [1.29, 1.82) is 0 Å². The van der Waals surface area contributed by atoms with Crippen molar-refractivity contribution in [2.45, 2.75) is 160 Å². The molecule has 0 aliphatic carbocycles. The smallest absolute Gasteiger partial charge is 0.187 e. The molecule has 25 heteroatoms. The quantitative estimate of drug-likeness (QED) is 0.0870. The highest BCUT2D eigenvalue weighted by molar-refractivity contribution is 4.98. The van der Waals surface area contributed by atoms with Crippen LogP contribution in [0.1, 0.15) is 6.92 Å². The zero-order valence-corrected chi connectivity index (χ0v) is 29.1. The molecular formula is C30H52O25. The van der Waals surface area contributed by atoms with E-state index >= 15 is 0 Å². The van der Waals surface area contributed by atoms with Crippen molar-refractivity contribution < 1.29 is 124 Å². The van der Waals surface area contributed by atoms with Crippen LogP contribution in [0.4, 0.5) is 0 Å². The van der Waals surface area contributed by atoms with Gasteiger partial charge in [0.1, 0.15) is 116 Å². The van der Waals surface area contributed by atoms with Gasteiger partial charge in [-0.3, -0.25) is 0 Å². The van der Waals surface area contributed by atoms with Crippen LogP contribution in [-0.4, -0.2) is 262 Å². The molecule has 0 saturated carbocycles. The second-order valence-corrected chi connectivity index (χ2v) is 13.9. The molecule has 16 N–H and O–H groups in total. The number of aliphatic hydroxyl groups excluding tert-OH is 16. The van der Waals surface area contributed by atoms with E-state index < -0.39 is 180 Å². The molecule has 0 unspecified atom stereocenters. The van der Waals surface area contributed by atoms with Gasteiger partial charge in [-0.25, -0.2) is 0 Å². The van der Waals surface area contributed by atoms with E-state index in [1.807, 2.05) is 0 Å². The Morgan fingerprint density at radius 3 is 1.31 bits per heavy atom. The standard InChI is InChI=1S/C30H52O25/c1-6-11(35)14(38)19(43)27(47-6)55-25-15(39)12(36)7(2-31)50-30(25)54-24-13(37)8(3-32)49-29(21(24)45)53-23-10(5-34)51-28(20(44)17(23)41)52-22-9(4-33)48-26(46)18(42)16(22)40/h6-46H,2-5H2,1H3/t6-,7+,8+,9+,10+,11+,12-,13-,14+,15-,16+,17+,18+,19-,20+,21+,22+,23-,24-,25+,26+,27-,28-,29+,30+/m0/s1. The van der Waals surface area contributed by atoms with Crippen molar-refractivity contribution in [3.8, 4) is 0 Å². The van der Waals surface area contributed by atoms with Gasteiger partial charge in [0, 0.05) is 0 Å². The molecule has 55 heavy (non-hydrogen) atoms. The first kappa shape index (κ1) is 45.1. The van der Waals surface area contributed by atoms with Crippen LogP contribution in [0, 0.1) is 0 Å². The summed E-state index contributed by atoms with van der Waals surface area (Å²) in [7, 11) is 0. The second kappa shape index (κ2) is 18.9. The molecule has 0 radical (unpaired) electrons. The fourth-order valence-electron chi connectivity index (χ4n) is 6.95. The van der Waals surface area contributed by atoms with Crippen LogP contribution in [0.5, 0.6) is 0 Å². The first-order valence-electron chi connectivity index (χ1n) is 17.5. The van der Waals surface area contributed by atoms with Gasteiger partial charge in [-0.15, -0.1) is 0 Å². The van der Waals surface area contributed by atoms with Crippen molar-refractivity contribution in [1.82, 2.24) is 0 Å². The maximum absolute atomic E-state index is 11.4. The van der Waals surface area contributed by atoms with Gasteiger partial charge in [0.05, 0.1) is 32.5 Å². The Labute approximate surface area is 311 Å². The predicted octanol–water partition coefficient (Wildman–Crippen LogP) is -10.9. The maximum Gasteiger partial charge on any atom is 0.187 e. The van der Waals surface area contributed by atoms with Crippen LogP contribution in [0.2, 0.25) is 0 Å². The van der Waals surface area contributed by atoms with Crippen LogP contribution in [0.15, 0.2) is 0 Å². The van der Waals surface area contributed by atoms with Crippen molar-refractivity contribution in [3.05, 3.63) is 0 Å². The molecule has 5 heterocycles. The van der Waals surface area contributed by atoms with Gasteiger partial charge in [-0.05, 0) is 6.92 Å². The zero-order chi connectivity index (χ0) is 40.6. The second-order valence-electron chi connectivity index (χ2n) is 13.9. The van der Waals surface area contributed by atoms with Crippen molar-refractivity contribution in [2.75, 3.05) is 26.4 Å². The molecule has 25 nitrogen and oxygen atoms in total. The minimum Gasteiger partial charge on any atom is -0.394 e. The van der Waals surface area contributed by atoms with E-state index in [1.165, 1.54) is 6.92 Å². The number of rotatable bonds is 12. The topological polar surface area (TPSA) is 407 Å². The molecule has 25 atom stereocenters. The van der Waals surface area contributed by atoms with Crippen molar-refractivity contribution in [2.24, 2.45) is 0 Å². The lowest BCUT2D eigenvalue weighted by Gasteiger charge is -2.49. The molecule has 5 aliphatic heterocycles. The SMILES string of the molecule is C[C@@H]1O[C@@H](O[C@H]2[C@@H](O[C@H]3[C@@H](O)[C@@H](CO)O[C@H](O[C@@H]4[C@H](O)[C@@H](O)[C@H](O[C@H]5[C@H](O)[C@@H](O)[C@H](O)O[C@@H]5CO)O[C@@H]4CO)[C@@H]3O)O[C@H](CO)[C@H](O)[C@@H]2O)[C@@H](O)[C@H](O)[C@@H]1O. The zero-order valence-electron chi connectivity index (χ0n) is 29.1. The summed E-state index contributed by atoms with van der Waals surface area (Å²) in [5.41, 5.74) is 0. The van der Waals surface area contributed by atoms with E-state index in [9.17, 15) is 81.7 Å². The van der Waals surface area contributed by atoms with Gasteiger partial charge in [0.25, 0.3) is 0 Å². The summed E-state index contributed by atoms with van der Waals surface area (Å²) in [6.07, 6.45) is -45.2. The molecule has 5 aliphatic rings. The van der Waals surface area contributed by atoms with Crippen LogP contribution >= 0.6 is 0 Å². The van der Waals surface area contributed by atoms with Gasteiger partial charge >= 0.3 is 0 Å². The lowest BCUT2D eigenvalue weighted by Crippen LogP contribution is -2.68. The normalized spacial score (nSPS) is 53.9. The Hall–Kier alpha value is -1.00. The summed E-state index contributed by atoms with van der Waals surface area (Å²) in [5.74, 6) is 0. The van der Waals surface area contributed by atoms with Crippen molar-refractivity contribution >= 4 is 0 Å². The lowest BCUT2D eigenvalue weighted by atomic mass is 9.95. The largest absolute Gasteiger partial charge is 0.394 e. The molecule has 5 saturated heterocycles. The highest BCUT2D eigenvalue weighted by atomic mass is 16.8. The van der Waals surface area contributed by atoms with Gasteiger partial charge in [-0.1, -0.05) is 0 Å². The van der Waals surface area contributed by atoms with Crippen LogP contribution in [0.25, 0.3) is 0 Å². The number of hydrogen-bond donors (Lipinski definition) is 16. The minimum atomic E-state index is -2.13. The van der Waals surface area contributed by atoms with E-state index in [2.05, 4.69) is 0 Å². The summed E-state index contributed by atoms with van der Waals surface area (Å²) < 4.78 is 49.7. The summed E-state index contributed by atoms with van der Waals surface area (Å²) in [5, 5.41) is 167. The van der Waals surface area contributed by atoms with E-state index in [0.29, 0.717) is 0 Å². The molecular weight excluding hydrogens is 760 g/mol. The molecule has 0 bridgehead atoms. The highest BCUT2D eigenvalue weighted by Gasteiger charge is 2.56. The Morgan fingerprint density at radius 2 is 0.727 bits per heavy atom. The summed E-state index contributed by atoms with van der Waals surface area (Å²) in [6.45, 7) is -2.32. The lowest BCUT2D eigenvalue weighted by molar-refractivity contribution is -0.398. The first-order chi connectivity index (χ1) is 26.0. The molecule has 5 rings (SSSR count). The van der Waals surface area contributed by atoms with E-state index in [4.69, 9.17) is 42.6 Å². The first-order valence-corrected chi connectivity index (χ1v) is 17.5. The molecule has 0 aromatic carbocycles. The summed E-state index contributed by atoms with van der Waals surface area (Å²) in [6, 6.07) is 0. The van der Waals surface area contributed by atoms with Crippen LogP contribution in [-0.2, 0) is 42.6 Å². The average molecular weight is 813 g/mol. The van der Waals surface area contributed by atoms with E-state index in [1.54, 1.807) is 0 Å². The molecule has 5 fully saturated rings. The molecule has 0 spiro atoms. The van der Waals surface area contributed by atoms with E-state index in [-0.39, 0.29) is 0 Å². The maximum atomic E-state index is 11.4. The molecule has 0 amide bonds. The Kier molecular flexibility index (Phi) is 15.5. The molecule has 0 aromatic rings. The van der Waals surface area contributed by atoms with Gasteiger partial charge in [0.15, 0.2) is 31.5 Å². The summed E-state index contributed by atoms with van der Waals surface area (Å²) in [4.78, 5) is 0. The summed E-state index contributed by atoms with van der Waals surface area (Å²) >= 11 is 0. The fourth-order valence-corrected chi connectivity index (χ4v) is 6.95. The minimum absolute atomic E-state index is 0.841. The molecule has 0 aromatic heterocycles. The third-order valence-electron chi connectivity index (χ3n) is 10.3. The van der Waals surface area contributed by atoms with Crippen molar-refractivity contribution in [3.63, 3.8) is 0 Å². The fraction of sp³-hybridized carbons (Fsp3) is 1.00. The Morgan fingerprint density at radius 1 is 0.327 bits per heavy atom. The Balaban J connectivity index is 1.33. The molecule has 322 valence electrons. The van der Waals surface area contributed by atoms with E-state index in [0.717, 1.165) is 0 Å². The van der Waals surface area contributed by atoms with Gasteiger partial charge in [-0.2, -0.15) is 0 Å². The average Bonchev–Trinajstić information content (AvgIpc) is 3.17. The number of aliphatic hydroxyl groups is 16. The predicted molar refractivity (Wildman–Crippen MR) is 165 cm³/mol. The highest BCUT2D eigenvalue weighted by Crippen LogP contribution is 2.35. The number of ether oxygens (including phenoxy) is 9. The van der Waals surface area contributed by atoms with Crippen LogP contribution < -0.4 is 0 Å². The third kappa shape index (κ3) is 9.11. The Bertz CT molecular complexity index is 1190. The monoisotopic (exact) mass is 812 g/mol. The third-order valence-corrected chi connectivity index (χ3v) is 10.3. The van der Waals surface area contributed by atoms with Gasteiger partial charge in [0.2, 0.25) is 0 Å². The van der Waals surface area contributed by atoms with Crippen LogP contribution in [0.3, 0.4) is 0 Å². The van der Waals surface area contributed by atoms with Gasteiger partial charge < -0.3 is 124 Å².